The van der Waals surface area contributed by atoms with Crippen molar-refractivity contribution in [2.24, 2.45) is 0 Å². The normalized spacial score (nSPS) is 10.4. The zero-order chi connectivity index (χ0) is 13.1. The van der Waals surface area contributed by atoms with Crippen LogP contribution in [0.1, 0.15) is 5.56 Å². The van der Waals surface area contributed by atoms with Crippen LogP contribution in [0.15, 0.2) is 36.4 Å². The summed E-state index contributed by atoms with van der Waals surface area (Å²) in [6.45, 7) is 0.133. The topological polar surface area (TPSA) is 38.0 Å². The van der Waals surface area contributed by atoms with Crippen molar-refractivity contribution in [2.75, 3.05) is 11.1 Å². The SMILES string of the molecule is Nc1ccc(Cl)cc1NCc1cc(F)ccc1F. The summed E-state index contributed by atoms with van der Waals surface area (Å²) in [5, 5.41) is 3.44. The van der Waals surface area contributed by atoms with Gasteiger partial charge in [0.25, 0.3) is 0 Å². The Morgan fingerprint density at radius 3 is 2.67 bits per heavy atom. The Morgan fingerprint density at radius 1 is 1.11 bits per heavy atom. The molecule has 0 aliphatic carbocycles. The number of hydrogen-bond acceptors (Lipinski definition) is 2. The lowest BCUT2D eigenvalue weighted by atomic mass is 10.2. The van der Waals surface area contributed by atoms with Gasteiger partial charge in [-0.15, -0.1) is 0 Å². The van der Waals surface area contributed by atoms with Crippen molar-refractivity contribution in [1.82, 2.24) is 0 Å². The minimum atomic E-state index is -0.479. The second-order valence-electron chi connectivity index (χ2n) is 3.82. The maximum atomic E-state index is 13.4. The molecule has 0 fully saturated rings. The van der Waals surface area contributed by atoms with Crippen LogP contribution in [0.2, 0.25) is 5.02 Å². The summed E-state index contributed by atoms with van der Waals surface area (Å²) in [6, 6.07) is 8.24. The van der Waals surface area contributed by atoms with Gasteiger partial charge in [-0.2, -0.15) is 0 Å². The van der Waals surface area contributed by atoms with E-state index in [1.165, 1.54) is 0 Å². The fourth-order valence-corrected chi connectivity index (χ4v) is 1.72. The van der Waals surface area contributed by atoms with E-state index < -0.39 is 11.6 Å². The average Bonchev–Trinajstić information content (AvgIpc) is 2.34. The summed E-state index contributed by atoms with van der Waals surface area (Å²) in [5.74, 6) is -0.947. The fourth-order valence-electron chi connectivity index (χ4n) is 1.55. The minimum absolute atomic E-state index is 0.133. The molecule has 0 saturated carbocycles. The van der Waals surface area contributed by atoms with E-state index in [9.17, 15) is 8.78 Å². The summed E-state index contributed by atoms with van der Waals surface area (Å²) in [7, 11) is 0. The number of halogens is 3. The Bertz CT molecular complexity index is 521. The third-order valence-corrected chi connectivity index (χ3v) is 2.73. The van der Waals surface area contributed by atoms with E-state index in [0.29, 0.717) is 16.4 Å². The predicted octanol–water partition coefficient (Wildman–Crippen LogP) is 3.81. The lowest BCUT2D eigenvalue weighted by Gasteiger charge is -2.10. The Labute approximate surface area is 108 Å². The van der Waals surface area contributed by atoms with E-state index in [4.69, 9.17) is 17.3 Å². The van der Waals surface area contributed by atoms with Gasteiger partial charge in [-0.3, -0.25) is 0 Å². The van der Waals surface area contributed by atoms with Crippen LogP contribution < -0.4 is 11.1 Å². The molecule has 0 atom stereocenters. The molecule has 3 N–H and O–H groups in total. The highest BCUT2D eigenvalue weighted by Gasteiger charge is 2.05. The largest absolute Gasteiger partial charge is 0.397 e. The number of anilines is 2. The highest BCUT2D eigenvalue weighted by molar-refractivity contribution is 6.31. The van der Waals surface area contributed by atoms with Crippen molar-refractivity contribution in [3.8, 4) is 0 Å². The number of benzene rings is 2. The van der Waals surface area contributed by atoms with Gasteiger partial charge in [0.1, 0.15) is 11.6 Å². The van der Waals surface area contributed by atoms with E-state index in [-0.39, 0.29) is 12.1 Å². The first-order valence-corrected chi connectivity index (χ1v) is 5.67. The summed E-state index contributed by atoms with van der Waals surface area (Å²) in [5.41, 5.74) is 7.05. The van der Waals surface area contributed by atoms with Gasteiger partial charge in [-0.25, -0.2) is 8.78 Å². The molecule has 0 aliphatic heterocycles. The number of rotatable bonds is 3. The third-order valence-electron chi connectivity index (χ3n) is 2.49. The second-order valence-corrected chi connectivity index (χ2v) is 4.26. The average molecular weight is 269 g/mol. The lowest BCUT2D eigenvalue weighted by Crippen LogP contribution is -2.04. The molecule has 2 nitrogen and oxygen atoms in total. The van der Waals surface area contributed by atoms with Gasteiger partial charge in [-0.05, 0) is 36.4 Å². The van der Waals surface area contributed by atoms with Crippen LogP contribution >= 0.6 is 11.6 Å². The van der Waals surface area contributed by atoms with E-state index in [1.54, 1.807) is 18.2 Å². The number of nitrogen functional groups attached to an aromatic ring is 1. The number of nitrogens with one attached hydrogen (secondary N) is 1. The molecule has 2 aromatic carbocycles. The van der Waals surface area contributed by atoms with Crippen LogP contribution in [0.5, 0.6) is 0 Å². The molecular weight excluding hydrogens is 258 g/mol. The maximum absolute atomic E-state index is 13.4. The smallest absolute Gasteiger partial charge is 0.128 e. The molecule has 0 heterocycles. The van der Waals surface area contributed by atoms with Gasteiger partial charge < -0.3 is 11.1 Å². The Hall–Kier alpha value is -1.81. The van der Waals surface area contributed by atoms with Crippen molar-refractivity contribution < 1.29 is 8.78 Å². The standard InChI is InChI=1S/C13H11ClF2N2/c14-9-1-4-12(17)13(6-9)18-7-8-5-10(15)2-3-11(8)16/h1-6,18H,7,17H2. The van der Waals surface area contributed by atoms with Gasteiger partial charge in [0.15, 0.2) is 0 Å². The van der Waals surface area contributed by atoms with Crippen molar-refractivity contribution in [3.05, 3.63) is 58.6 Å². The number of nitrogens with two attached hydrogens (primary N) is 1. The highest BCUT2D eigenvalue weighted by atomic mass is 35.5. The van der Waals surface area contributed by atoms with Crippen molar-refractivity contribution in [1.29, 1.82) is 0 Å². The van der Waals surface area contributed by atoms with Gasteiger partial charge in [-0.1, -0.05) is 11.6 Å². The molecule has 0 radical (unpaired) electrons. The van der Waals surface area contributed by atoms with Crippen LogP contribution in [-0.4, -0.2) is 0 Å². The van der Waals surface area contributed by atoms with Crippen LogP contribution in [0.25, 0.3) is 0 Å². The van der Waals surface area contributed by atoms with Crippen LogP contribution in [0, 0.1) is 11.6 Å². The third kappa shape index (κ3) is 2.90. The zero-order valence-electron chi connectivity index (χ0n) is 9.38. The zero-order valence-corrected chi connectivity index (χ0v) is 10.1. The van der Waals surface area contributed by atoms with Crippen LogP contribution in [0.4, 0.5) is 20.2 Å². The first-order chi connectivity index (χ1) is 8.56. The molecule has 2 rings (SSSR count). The minimum Gasteiger partial charge on any atom is -0.397 e. The Morgan fingerprint density at radius 2 is 1.89 bits per heavy atom. The molecule has 94 valence electrons. The van der Waals surface area contributed by atoms with Crippen molar-refractivity contribution >= 4 is 23.0 Å². The van der Waals surface area contributed by atoms with Crippen LogP contribution in [-0.2, 0) is 6.54 Å². The molecule has 0 spiro atoms. The molecule has 0 bridgehead atoms. The predicted molar refractivity (Wildman–Crippen MR) is 69.5 cm³/mol. The van der Waals surface area contributed by atoms with Gasteiger partial charge >= 0.3 is 0 Å². The van der Waals surface area contributed by atoms with E-state index in [0.717, 1.165) is 18.2 Å². The first kappa shape index (κ1) is 12.6. The number of hydrogen-bond donors (Lipinski definition) is 2. The van der Waals surface area contributed by atoms with Crippen molar-refractivity contribution in [3.63, 3.8) is 0 Å². The van der Waals surface area contributed by atoms with E-state index >= 15 is 0 Å². The molecule has 0 unspecified atom stereocenters. The summed E-state index contributed by atoms with van der Waals surface area (Å²) in [6.07, 6.45) is 0. The monoisotopic (exact) mass is 268 g/mol. The molecule has 0 amide bonds. The lowest BCUT2D eigenvalue weighted by molar-refractivity contribution is 0.587. The fraction of sp³-hybridized carbons (Fsp3) is 0.0769. The molecular formula is C13H11ClF2N2. The Balaban J connectivity index is 2.16. The van der Waals surface area contributed by atoms with Crippen LogP contribution in [0.3, 0.4) is 0 Å². The molecule has 0 saturated heterocycles. The van der Waals surface area contributed by atoms with Gasteiger partial charge in [0.2, 0.25) is 0 Å². The van der Waals surface area contributed by atoms with E-state index in [2.05, 4.69) is 5.32 Å². The van der Waals surface area contributed by atoms with E-state index in [1.807, 2.05) is 0 Å². The van der Waals surface area contributed by atoms with Gasteiger partial charge in [0.05, 0.1) is 11.4 Å². The molecule has 18 heavy (non-hydrogen) atoms. The summed E-state index contributed by atoms with van der Waals surface area (Å²) < 4.78 is 26.4. The molecule has 0 aromatic heterocycles. The molecule has 2 aromatic rings. The first-order valence-electron chi connectivity index (χ1n) is 5.29. The van der Waals surface area contributed by atoms with Gasteiger partial charge in [0, 0.05) is 17.1 Å². The Kier molecular flexibility index (Phi) is 3.67. The quantitative estimate of drug-likeness (QED) is 0.831. The highest BCUT2D eigenvalue weighted by Crippen LogP contribution is 2.23. The summed E-state index contributed by atoms with van der Waals surface area (Å²) >= 11 is 5.83. The molecule has 0 aliphatic rings. The molecule has 5 heteroatoms. The maximum Gasteiger partial charge on any atom is 0.128 e. The van der Waals surface area contributed by atoms with Crippen molar-refractivity contribution in [2.45, 2.75) is 6.54 Å². The second kappa shape index (κ2) is 5.23. The summed E-state index contributed by atoms with van der Waals surface area (Å²) in [4.78, 5) is 0.